The number of imidazole rings is 1. The molecule has 1 aromatic rings. The summed E-state index contributed by atoms with van der Waals surface area (Å²) in [7, 11) is 2.03. The number of aromatic nitrogens is 2. The highest BCUT2D eigenvalue weighted by Gasteiger charge is 2.19. The molecular weight excluding hydrogens is 226 g/mol. The minimum atomic E-state index is 0.191. The van der Waals surface area contributed by atoms with Gasteiger partial charge in [0, 0.05) is 51.4 Å². The predicted octanol–water partition coefficient (Wildman–Crippen LogP) is 0.902. The maximum absolute atomic E-state index is 5.80. The molecule has 90 valence electrons. The first-order valence-corrected chi connectivity index (χ1v) is 6.19. The van der Waals surface area contributed by atoms with Gasteiger partial charge in [0.2, 0.25) is 0 Å². The van der Waals surface area contributed by atoms with Crippen LogP contribution in [-0.4, -0.2) is 52.7 Å². The molecule has 1 atom stereocenters. The number of aryl methyl sites for hydroxylation is 1. The number of halogens is 1. The smallest absolute Gasteiger partial charge is 0.109 e. The quantitative estimate of drug-likeness (QED) is 0.737. The van der Waals surface area contributed by atoms with Crippen molar-refractivity contribution in [2.75, 3.05) is 32.1 Å². The zero-order chi connectivity index (χ0) is 11.4. The van der Waals surface area contributed by atoms with E-state index in [2.05, 4.69) is 14.5 Å². The molecule has 0 aliphatic carbocycles. The number of nitrogens with zero attached hydrogens (tertiary/aromatic N) is 3. The Morgan fingerprint density at radius 2 is 2.50 bits per heavy atom. The first kappa shape index (κ1) is 11.9. The number of ether oxygens (including phenoxy) is 1. The second-order valence-corrected chi connectivity index (χ2v) is 4.46. The average Bonchev–Trinajstić information content (AvgIpc) is 2.72. The molecule has 0 bridgehead atoms. The maximum atomic E-state index is 5.80. The van der Waals surface area contributed by atoms with Gasteiger partial charge in [0.05, 0.1) is 12.7 Å². The van der Waals surface area contributed by atoms with Crippen molar-refractivity contribution in [2.45, 2.75) is 12.5 Å². The predicted molar refractivity (Wildman–Crippen MR) is 63.8 cm³/mol. The molecule has 0 N–H and O–H groups in total. The van der Waals surface area contributed by atoms with Crippen molar-refractivity contribution in [3.05, 3.63) is 18.2 Å². The SMILES string of the molecule is Cn1ccnc1CCN1CCOC(CCl)C1. The molecule has 1 saturated heterocycles. The first-order chi connectivity index (χ1) is 7.79. The molecule has 0 radical (unpaired) electrons. The molecule has 0 amide bonds. The van der Waals surface area contributed by atoms with E-state index in [1.165, 1.54) is 0 Å². The summed E-state index contributed by atoms with van der Waals surface area (Å²) in [5, 5.41) is 0. The van der Waals surface area contributed by atoms with Crippen LogP contribution in [-0.2, 0) is 18.2 Å². The van der Waals surface area contributed by atoms with Gasteiger partial charge in [-0.1, -0.05) is 0 Å². The highest BCUT2D eigenvalue weighted by atomic mass is 35.5. The summed E-state index contributed by atoms with van der Waals surface area (Å²) >= 11 is 5.80. The van der Waals surface area contributed by atoms with E-state index in [0.717, 1.165) is 38.5 Å². The van der Waals surface area contributed by atoms with Crippen LogP contribution in [0.4, 0.5) is 0 Å². The van der Waals surface area contributed by atoms with Crippen LogP contribution in [0.3, 0.4) is 0 Å². The largest absolute Gasteiger partial charge is 0.374 e. The lowest BCUT2D eigenvalue weighted by atomic mass is 10.2. The van der Waals surface area contributed by atoms with Crippen LogP contribution in [0.15, 0.2) is 12.4 Å². The van der Waals surface area contributed by atoms with Crippen LogP contribution in [0.2, 0.25) is 0 Å². The highest BCUT2D eigenvalue weighted by Crippen LogP contribution is 2.07. The maximum Gasteiger partial charge on any atom is 0.109 e. The molecular formula is C11H18ClN3O. The topological polar surface area (TPSA) is 30.3 Å². The van der Waals surface area contributed by atoms with Gasteiger partial charge in [0.15, 0.2) is 0 Å². The molecule has 0 spiro atoms. The summed E-state index contributed by atoms with van der Waals surface area (Å²) in [5.74, 6) is 1.72. The van der Waals surface area contributed by atoms with Crippen LogP contribution in [0.5, 0.6) is 0 Å². The van der Waals surface area contributed by atoms with Crippen molar-refractivity contribution >= 4 is 11.6 Å². The van der Waals surface area contributed by atoms with Gasteiger partial charge in [-0.05, 0) is 0 Å². The monoisotopic (exact) mass is 243 g/mol. The minimum Gasteiger partial charge on any atom is -0.374 e. The molecule has 0 aromatic carbocycles. The summed E-state index contributed by atoms with van der Waals surface area (Å²) in [6.45, 7) is 3.76. The fourth-order valence-corrected chi connectivity index (χ4v) is 2.16. The van der Waals surface area contributed by atoms with Crippen molar-refractivity contribution < 1.29 is 4.74 Å². The molecule has 1 aliphatic heterocycles. The molecule has 5 heteroatoms. The summed E-state index contributed by atoms with van der Waals surface area (Å²) in [6, 6.07) is 0. The Bertz CT molecular complexity index is 329. The van der Waals surface area contributed by atoms with Crippen LogP contribution in [0.25, 0.3) is 0 Å². The standard InChI is InChI=1S/C11H18ClN3O/c1-14-5-3-13-11(14)2-4-15-6-7-16-10(8-12)9-15/h3,5,10H,2,4,6-9H2,1H3. The average molecular weight is 244 g/mol. The van der Waals surface area contributed by atoms with Crippen molar-refractivity contribution in [3.63, 3.8) is 0 Å². The van der Waals surface area contributed by atoms with Gasteiger partial charge in [-0.2, -0.15) is 0 Å². The Hall–Kier alpha value is -0.580. The van der Waals surface area contributed by atoms with Gasteiger partial charge in [0.25, 0.3) is 0 Å². The molecule has 2 rings (SSSR count). The van der Waals surface area contributed by atoms with E-state index in [9.17, 15) is 0 Å². The van der Waals surface area contributed by atoms with E-state index in [1.54, 1.807) is 0 Å². The van der Waals surface area contributed by atoms with E-state index >= 15 is 0 Å². The molecule has 4 nitrogen and oxygen atoms in total. The van der Waals surface area contributed by atoms with Gasteiger partial charge in [-0.25, -0.2) is 4.98 Å². The fourth-order valence-electron chi connectivity index (χ4n) is 1.97. The Labute approximate surface area is 101 Å². The number of hydrogen-bond acceptors (Lipinski definition) is 3. The van der Waals surface area contributed by atoms with E-state index in [1.807, 2.05) is 19.4 Å². The molecule has 0 saturated carbocycles. The molecule has 1 fully saturated rings. The van der Waals surface area contributed by atoms with Crippen molar-refractivity contribution in [1.29, 1.82) is 0 Å². The van der Waals surface area contributed by atoms with E-state index < -0.39 is 0 Å². The minimum absolute atomic E-state index is 0.191. The van der Waals surface area contributed by atoms with Crippen LogP contribution >= 0.6 is 11.6 Å². The third-order valence-electron chi connectivity index (χ3n) is 2.97. The fraction of sp³-hybridized carbons (Fsp3) is 0.727. The Morgan fingerprint density at radius 1 is 1.62 bits per heavy atom. The van der Waals surface area contributed by atoms with E-state index in [-0.39, 0.29) is 6.10 Å². The second-order valence-electron chi connectivity index (χ2n) is 4.15. The number of rotatable bonds is 4. The van der Waals surface area contributed by atoms with Crippen LogP contribution < -0.4 is 0 Å². The third kappa shape index (κ3) is 2.97. The zero-order valence-corrected chi connectivity index (χ0v) is 10.4. The lowest BCUT2D eigenvalue weighted by Crippen LogP contribution is -2.44. The van der Waals surface area contributed by atoms with E-state index in [4.69, 9.17) is 16.3 Å². The van der Waals surface area contributed by atoms with Crippen LogP contribution in [0.1, 0.15) is 5.82 Å². The Morgan fingerprint density at radius 3 is 3.19 bits per heavy atom. The second kappa shape index (κ2) is 5.66. The lowest BCUT2D eigenvalue weighted by Gasteiger charge is -2.31. The Kier molecular flexibility index (Phi) is 4.21. The van der Waals surface area contributed by atoms with Crippen molar-refractivity contribution in [2.24, 2.45) is 7.05 Å². The molecule has 2 heterocycles. The van der Waals surface area contributed by atoms with Gasteiger partial charge in [-0.15, -0.1) is 11.6 Å². The van der Waals surface area contributed by atoms with Gasteiger partial charge < -0.3 is 9.30 Å². The summed E-state index contributed by atoms with van der Waals surface area (Å²) < 4.78 is 7.59. The summed E-state index contributed by atoms with van der Waals surface area (Å²) in [5.41, 5.74) is 0. The van der Waals surface area contributed by atoms with Crippen molar-refractivity contribution in [1.82, 2.24) is 14.5 Å². The van der Waals surface area contributed by atoms with Gasteiger partial charge in [0.1, 0.15) is 5.82 Å². The number of hydrogen-bond donors (Lipinski definition) is 0. The molecule has 1 aromatic heterocycles. The zero-order valence-electron chi connectivity index (χ0n) is 9.60. The Balaban J connectivity index is 1.79. The lowest BCUT2D eigenvalue weighted by molar-refractivity contribution is -0.0160. The van der Waals surface area contributed by atoms with Gasteiger partial charge in [-0.3, -0.25) is 4.90 Å². The number of morpholine rings is 1. The molecule has 1 unspecified atom stereocenters. The first-order valence-electron chi connectivity index (χ1n) is 5.65. The third-order valence-corrected chi connectivity index (χ3v) is 3.31. The summed E-state index contributed by atoms with van der Waals surface area (Å²) in [4.78, 5) is 6.71. The van der Waals surface area contributed by atoms with E-state index in [0.29, 0.717) is 5.88 Å². The highest BCUT2D eigenvalue weighted by molar-refractivity contribution is 6.18. The van der Waals surface area contributed by atoms with Gasteiger partial charge >= 0.3 is 0 Å². The molecule has 16 heavy (non-hydrogen) atoms. The van der Waals surface area contributed by atoms with Crippen molar-refractivity contribution in [3.8, 4) is 0 Å². The molecule has 1 aliphatic rings. The summed E-state index contributed by atoms with van der Waals surface area (Å²) in [6.07, 6.45) is 5.00. The number of alkyl halides is 1. The van der Waals surface area contributed by atoms with Crippen LogP contribution in [0, 0.1) is 0 Å². The normalized spacial score (nSPS) is 22.5.